The molecule has 2 heterocycles. The fourth-order valence-corrected chi connectivity index (χ4v) is 3.86. The Morgan fingerprint density at radius 3 is 2.42 bits per heavy atom. The molecule has 1 atom stereocenters. The van der Waals surface area contributed by atoms with Gasteiger partial charge in [-0.15, -0.1) is 24.0 Å². The Labute approximate surface area is 202 Å². The minimum Gasteiger partial charge on any atom is -0.495 e. The number of carbonyl (C=O) groups is 1. The monoisotopic (exact) mass is 545 g/mol. The van der Waals surface area contributed by atoms with Crippen molar-refractivity contribution in [3.05, 3.63) is 24.3 Å². The molecule has 3 rings (SSSR count). The van der Waals surface area contributed by atoms with Crippen molar-refractivity contribution in [2.45, 2.75) is 32.8 Å². The molecule has 174 valence electrons. The molecule has 9 heteroatoms. The van der Waals surface area contributed by atoms with Gasteiger partial charge >= 0.3 is 6.09 Å². The molecule has 1 amide bonds. The summed E-state index contributed by atoms with van der Waals surface area (Å²) in [7, 11) is 1.71. The van der Waals surface area contributed by atoms with Crippen LogP contribution in [-0.4, -0.2) is 80.4 Å². The molecule has 2 aliphatic heterocycles. The highest BCUT2D eigenvalue weighted by Gasteiger charge is 2.27. The van der Waals surface area contributed by atoms with Crippen LogP contribution >= 0.6 is 24.0 Å². The summed E-state index contributed by atoms with van der Waals surface area (Å²) in [6.45, 7) is 10.8. The number of rotatable bonds is 4. The fourth-order valence-electron chi connectivity index (χ4n) is 3.86. The summed E-state index contributed by atoms with van der Waals surface area (Å²) in [4.78, 5) is 23.0. The van der Waals surface area contributed by atoms with Crippen LogP contribution in [0, 0.1) is 5.92 Å². The fraction of sp³-hybridized carbons (Fsp3) is 0.636. The Bertz CT molecular complexity index is 760. The van der Waals surface area contributed by atoms with E-state index in [-0.39, 0.29) is 30.1 Å². The maximum Gasteiger partial charge on any atom is 0.410 e. The van der Waals surface area contributed by atoms with Crippen LogP contribution in [0.4, 0.5) is 10.5 Å². The minimum atomic E-state index is -0.479. The number of carbonyl (C=O) groups excluding carboxylic acids is 1. The van der Waals surface area contributed by atoms with Gasteiger partial charge in [-0.1, -0.05) is 12.1 Å². The molecule has 0 spiro atoms. The molecule has 0 aromatic heterocycles. The number of methoxy groups -OCH3 is 1. The Balaban J connectivity index is 0.00000341. The van der Waals surface area contributed by atoms with Crippen molar-refractivity contribution in [3.63, 3.8) is 0 Å². The second-order valence-electron chi connectivity index (χ2n) is 8.93. The number of nitrogens with zero attached hydrogens (tertiary/aromatic N) is 4. The molecule has 0 aliphatic carbocycles. The maximum absolute atomic E-state index is 12.2. The normalized spacial score (nSPS) is 19.8. The first-order chi connectivity index (χ1) is 14.3. The number of hydrogen-bond donors (Lipinski definition) is 1. The molecule has 1 unspecified atom stereocenters. The SMILES string of the molecule is COc1ccccc1N1CCC(CN=C(N)N2CCN(C(=O)OC(C)(C)C)CC2)C1.I. The molecule has 31 heavy (non-hydrogen) atoms. The van der Waals surface area contributed by atoms with E-state index in [2.05, 4.69) is 16.0 Å². The van der Waals surface area contributed by atoms with Gasteiger partial charge in [0.2, 0.25) is 0 Å². The van der Waals surface area contributed by atoms with Crippen LogP contribution in [0.5, 0.6) is 5.75 Å². The number of guanidine groups is 1. The summed E-state index contributed by atoms with van der Waals surface area (Å²) in [5.74, 6) is 1.94. The third kappa shape index (κ3) is 7.05. The predicted molar refractivity (Wildman–Crippen MR) is 135 cm³/mol. The molecule has 2 aliphatic rings. The number of amides is 1. The van der Waals surface area contributed by atoms with Gasteiger partial charge in [0.05, 0.1) is 12.8 Å². The first kappa shape index (κ1) is 25.4. The van der Waals surface area contributed by atoms with Crippen LogP contribution in [0.1, 0.15) is 27.2 Å². The van der Waals surface area contributed by atoms with Gasteiger partial charge in [0.1, 0.15) is 11.4 Å². The van der Waals surface area contributed by atoms with Gasteiger partial charge < -0.3 is 29.9 Å². The van der Waals surface area contributed by atoms with E-state index in [1.165, 1.54) is 0 Å². The van der Waals surface area contributed by atoms with Crippen molar-refractivity contribution in [3.8, 4) is 5.75 Å². The number of halogens is 1. The molecule has 8 nitrogen and oxygen atoms in total. The van der Waals surface area contributed by atoms with Crippen LogP contribution < -0.4 is 15.4 Å². The molecule has 1 aromatic rings. The highest BCUT2D eigenvalue weighted by molar-refractivity contribution is 14.0. The molecule has 2 saturated heterocycles. The van der Waals surface area contributed by atoms with Gasteiger partial charge in [-0.25, -0.2) is 4.79 Å². The summed E-state index contributed by atoms with van der Waals surface area (Å²) >= 11 is 0. The van der Waals surface area contributed by atoms with Gasteiger partial charge in [0.25, 0.3) is 0 Å². The standard InChI is InChI=1S/C22H35N5O3.HI/c1-22(2,3)30-21(28)26-13-11-25(12-14-26)20(23)24-15-17-9-10-27(16-17)18-7-5-6-8-19(18)29-4;/h5-8,17H,9-16H2,1-4H3,(H2,23,24);1H. The van der Waals surface area contributed by atoms with E-state index in [9.17, 15) is 4.79 Å². The Kier molecular flexibility index (Phi) is 9.08. The van der Waals surface area contributed by atoms with E-state index in [4.69, 9.17) is 15.2 Å². The molecule has 0 saturated carbocycles. The van der Waals surface area contributed by atoms with E-state index in [1.54, 1.807) is 12.0 Å². The smallest absolute Gasteiger partial charge is 0.410 e. The molecule has 2 fully saturated rings. The zero-order chi connectivity index (χ0) is 21.7. The number of para-hydroxylation sites is 2. The van der Waals surface area contributed by atoms with Crippen molar-refractivity contribution >= 4 is 41.7 Å². The van der Waals surface area contributed by atoms with E-state index in [1.807, 2.05) is 43.9 Å². The lowest BCUT2D eigenvalue weighted by atomic mass is 10.1. The van der Waals surface area contributed by atoms with Crippen LogP contribution in [0.2, 0.25) is 0 Å². The second kappa shape index (κ2) is 11.1. The van der Waals surface area contributed by atoms with Gasteiger partial charge in [0, 0.05) is 45.8 Å². The average Bonchev–Trinajstić information content (AvgIpc) is 3.19. The highest BCUT2D eigenvalue weighted by atomic mass is 127. The average molecular weight is 545 g/mol. The van der Waals surface area contributed by atoms with Crippen molar-refractivity contribution in [2.24, 2.45) is 16.6 Å². The van der Waals surface area contributed by atoms with Crippen molar-refractivity contribution in [1.82, 2.24) is 9.80 Å². The number of piperazine rings is 1. The molecule has 0 bridgehead atoms. The molecular formula is C22H36IN5O3. The molecule has 0 radical (unpaired) electrons. The van der Waals surface area contributed by atoms with Crippen LogP contribution in [0.3, 0.4) is 0 Å². The van der Waals surface area contributed by atoms with E-state index >= 15 is 0 Å². The van der Waals surface area contributed by atoms with Gasteiger partial charge in [-0.3, -0.25) is 4.99 Å². The van der Waals surface area contributed by atoms with E-state index < -0.39 is 5.60 Å². The number of hydrogen-bond acceptors (Lipinski definition) is 5. The summed E-state index contributed by atoms with van der Waals surface area (Å²) < 4.78 is 10.9. The van der Waals surface area contributed by atoms with Crippen LogP contribution in [-0.2, 0) is 4.74 Å². The third-order valence-corrected chi connectivity index (χ3v) is 5.48. The highest BCUT2D eigenvalue weighted by Crippen LogP contribution is 2.32. The van der Waals surface area contributed by atoms with Crippen molar-refractivity contribution in [1.29, 1.82) is 0 Å². The number of benzene rings is 1. The van der Waals surface area contributed by atoms with Crippen molar-refractivity contribution in [2.75, 3.05) is 57.8 Å². The second-order valence-corrected chi connectivity index (χ2v) is 8.93. The quantitative estimate of drug-likeness (QED) is 0.356. The lowest BCUT2D eigenvalue weighted by Gasteiger charge is -2.36. The summed E-state index contributed by atoms with van der Waals surface area (Å²) in [5, 5.41) is 0. The molecular weight excluding hydrogens is 509 g/mol. The Morgan fingerprint density at radius 1 is 1.13 bits per heavy atom. The number of nitrogens with two attached hydrogens (primary N) is 1. The first-order valence-electron chi connectivity index (χ1n) is 10.7. The lowest BCUT2D eigenvalue weighted by Crippen LogP contribution is -2.53. The lowest BCUT2D eigenvalue weighted by molar-refractivity contribution is 0.0186. The number of anilines is 1. The van der Waals surface area contributed by atoms with E-state index in [0.717, 1.165) is 30.9 Å². The maximum atomic E-state index is 12.2. The Morgan fingerprint density at radius 2 is 1.77 bits per heavy atom. The van der Waals surface area contributed by atoms with Gasteiger partial charge in [-0.2, -0.15) is 0 Å². The number of ether oxygens (including phenoxy) is 2. The topological polar surface area (TPSA) is 83.6 Å². The summed E-state index contributed by atoms with van der Waals surface area (Å²) in [5.41, 5.74) is 6.91. The van der Waals surface area contributed by atoms with Crippen LogP contribution in [0.25, 0.3) is 0 Å². The zero-order valence-electron chi connectivity index (χ0n) is 19.0. The van der Waals surface area contributed by atoms with Crippen molar-refractivity contribution < 1.29 is 14.3 Å². The molecule has 1 aromatic carbocycles. The van der Waals surface area contributed by atoms with Gasteiger partial charge in [-0.05, 0) is 45.2 Å². The van der Waals surface area contributed by atoms with Crippen LogP contribution in [0.15, 0.2) is 29.3 Å². The summed E-state index contributed by atoms with van der Waals surface area (Å²) in [6, 6.07) is 8.13. The first-order valence-corrected chi connectivity index (χ1v) is 10.7. The number of aliphatic imine (C=N–C) groups is 1. The van der Waals surface area contributed by atoms with E-state index in [0.29, 0.717) is 44.6 Å². The van der Waals surface area contributed by atoms with Gasteiger partial charge in [0.15, 0.2) is 5.96 Å². The third-order valence-electron chi connectivity index (χ3n) is 5.48. The largest absolute Gasteiger partial charge is 0.495 e. The zero-order valence-corrected chi connectivity index (χ0v) is 21.4. The summed E-state index contributed by atoms with van der Waals surface area (Å²) in [6.07, 6.45) is 0.821. The Hall–Kier alpha value is -1.91. The molecule has 2 N–H and O–H groups in total. The predicted octanol–water partition coefficient (Wildman–Crippen LogP) is 3.01. The minimum absolute atomic E-state index is 0.